The molecular formula is C18H26N4. The van der Waals surface area contributed by atoms with Crippen molar-refractivity contribution in [1.82, 2.24) is 15.3 Å². The molecule has 0 bridgehead atoms. The summed E-state index contributed by atoms with van der Waals surface area (Å²) in [6.45, 7) is 1.45. The van der Waals surface area contributed by atoms with Crippen molar-refractivity contribution in [2.24, 2.45) is 5.73 Å². The Bertz CT molecular complexity index is 495. The second-order valence-electron chi connectivity index (χ2n) is 5.56. The van der Waals surface area contributed by atoms with Gasteiger partial charge in [-0.2, -0.15) is 0 Å². The third-order valence-electron chi connectivity index (χ3n) is 3.84. The maximum atomic E-state index is 5.29. The molecule has 2 aromatic heterocycles. The molecule has 1 aliphatic rings. The maximum absolute atomic E-state index is 5.29. The van der Waals surface area contributed by atoms with Gasteiger partial charge in [0.1, 0.15) is 0 Å². The van der Waals surface area contributed by atoms with Crippen LogP contribution in [0.25, 0.3) is 0 Å². The molecule has 0 saturated heterocycles. The number of rotatable bonds is 4. The number of nitrogens with zero attached hydrogens (tertiary/aromatic N) is 2. The average molecular weight is 298 g/mol. The Morgan fingerprint density at radius 3 is 2.05 bits per heavy atom. The van der Waals surface area contributed by atoms with Gasteiger partial charge in [0.15, 0.2) is 0 Å². The van der Waals surface area contributed by atoms with Gasteiger partial charge in [-0.25, -0.2) is 0 Å². The Balaban J connectivity index is 0.000000188. The molecule has 2 aromatic rings. The van der Waals surface area contributed by atoms with Crippen molar-refractivity contribution in [2.75, 3.05) is 0 Å². The zero-order chi connectivity index (χ0) is 15.5. The van der Waals surface area contributed by atoms with Crippen molar-refractivity contribution < 1.29 is 0 Å². The highest BCUT2D eigenvalue weighted by atomic mass is 14.9. The molecule has 0 unspecified atom stereocenters. The summed E-state index contributed by atoms with van der Waals surface area (Å²) in [4.78, 5) is 8.27. The second-order valence-corrected chi connectivity index (χ2v) is 5.56. The van der Waals surface area contributed by atoms with Crippen molar-refractivity contribution in [1.29, 1.82) is 0 Å². The van der Waals surface area contributed by atoms with Crippen molar-refractivity contribution in [3.8, 4) is 0 Å². The van der Waals surface area contributed by atoms with Gasteiger partial charge in [-0.15, -0.1) is 0 Å². The van der Waals surface area contributed by atoms with E-state index in [4.69, 9.17) is 5.73 Å². The van der Waals surface area contributed by atoms with Gasteiger partial charge in [0.2, 0.25) is 0 Å². The van der Waals surface area contributed by atoms with Crippen LogP contribution in [0.2, 0.25) is 0 Å². The standard InChI is InChI=1S/C12H18N2.C6H8N2/c1-2-6-11(7-3-1)14-10-12-8-4-5-9-13-12;7-5-6-3-1-2-4-8-6/h4-5,8-9,11,14H,1-3,6-7,10H2;1-4H,5,7H2. The van der Waals surface area contributed by atoms with Crippen LogP contribution in [0.4, 0.5) is 0 Å². The summed E-state index contributed by atoms with van der Waals surface area (Å²) >= 11 is 0. The first-order valence-corrected chi connectivity index (χ1v) is 8.12. The summed E-state index contributed by atoms with van der Waals surface area (Å²) in [5, 5.41) is 3.58. The number of aromatic nitrogens is 2. The van der Waals surface area contributed by atoms with Crippen molar-refractivity contribution in [3.63, 3.8) is 0 Å². The Hall–Kier alpha value is -1.78. The minimum Gasteiger partial charge on any atom is -0.325 e. The lowest BCUT2D eigenvalue weighted by Crippen LogP contribution is -2.30. The van der Waals surface area contributed by atoms with Crippen LogP contribution in [0.15, 0.2) is 48.8 Å². The summed E-state index contributed by atoms with van der Waals surface area (Å²) in [6.07, 6.45) is 10.5. The van der Waals surface area contributed by atoms with E-state index in [0.717, 1.165) is 24.0 Å². The predicted molar refractivity (Wildman–Crippen MR) is 90.1 cm³/mol. The first kappa shape index (κ1) is 16.6. The average Bonchev–Trinajstić information content (AvgIpc) is 2.63. The van der Waals surface area contributed by atoms with E-state index in [2.05, 4.69) is 21.4 Å². The lowest BCUT2D eigenvalue weighted by Gasteiger charge is -2.22. The smallest absolute Gasteiger partial charge is 0.0541 e. The summed E-state index contributed by atoms with van der Waals surface area (Å²) in [6, 6.07) is 12.5. The van der Waals surface area contributed by atoms with E-state index in [1.807, 2.05) is 36.5 Å². The lowest BCUT2D eigenvalue weighted by molar-refractivity contribution is 0.371. The van der Waals surface area contributed by atoms with Crippen LogP contribution in [-0.2, 0) is 13.1 Å². The Kier molecular flexibility index (Phi) is 7.56. The third-order valence-corrected chi connectivity index (χ3v) is 3.84. The van der Waals surface area contributed by atoms with Crippen LogP contribution in [0.1, 0.15) is 43.5 Å². The van der Waals surface area contributed by atoms with Crippen LogP contribution in [0.3, 0.4) is 0 Å². The van der Waals surface area contributed by atoms with Crippen LogP contribution in [-0.4, -0.2) is 16.0 Å². The fraction of sp³-hybridized carbons (Fsp3) is 0.444. The summed E-state index contributed by atoms with van der Waals surface area (Å²) in [7, 11) is 0. The topological polar surface area (TPSA) is 63.8 Å². The van der Waals surface area contributed by atoms with Crippen molar-refractivity contribution in [3.05, 3.63) is 60.2 Å². The van der Waals surface area contributed by atoms with Gasteiger partial charge in [0, 0.05) is 31.5 Å². The van der Waals surface area contributed by atoms with Gasteiger partial charge < -0.3 is 11.1 Å². The Labute approximate surface area is 133 Å². The quantitative estimate of drug-likeness (QED) is 0.910. The summed E-state index contributed by atoms with van der Waals surface area (Å²) in [5.74, 6) is 0. The van der Waals surface area contributed by atoms with Crippen molar-refractivity contribution in [2.45, 2.75) is 51.2 Å². The van der Waals surface area contributed by atoms with E-state index >= 15 is 0 Å². The molecule has 1 fully saturated rings. The molecule has 0 aromatic carbocycles. The van der Waals surface area contributed by atoms with Gasteiger partial charge in [0.05, 0.1) is 11.4 Å². The molecule has 3 rings (SSSR count). The fourth-order valence-electron chi connectivity index (χ4n) is 2.58. The number of nitrogens with one attached hydrogen (secondary N) is 1. The molecule has 0 atom stereocenters. The van der Waals surface area contributed by atoms with Gasteiger partial charge in [-0.05, 0) is 37.1 Å². The fourth-order valence-corrected chi connectivity index (χ4v) is 2.58. The SMILES string of the molecule is NCc1ccccn1.c1ccc(CNC2CCCCC2)nc1. The molecule has 22 heavy (non-hydrogen) atoms. The van der Waals surface area contributed by atoms with Gasteiger partial charge in [-0.1, -0.05) is 31.4 Å². The van der Waals surface area contributed by atoms with E-state index in [0.29, 0.717) is 6.54 Å². The highest BCUT2D eigenvalue weighted by Gasteiger charge is 2.12. The first-order valence-electron chi connectivity index (χ1n) is 8.12. The number of hydrogen-bond donors (Lipinski definition) is 2. The first-order chi connectivity index (χ1) is 10.9. The Morgan fingerprint density at radius 2 is 1.55 bits per heavy atom. The van der Waals surface area contributed by atoms with Crippen LogP contribution >= 0.6 is 0 Å². The minimum atomic E-state index is 0.529. The molecule has 0 spiro atoms. The van der Waals surface area contributed by atoms with Crippen molar-refractivity contribution >= 4 is 0 Å². The normalized spacial score (nSPS) is 15.0. The highest BCUT2D eigenvalue weighted by Crippen LogP contribution is 2.17. The van der Waals surface area contributed by atoms with Gasteiger partial charge in [0.25, 0.3) is 0 Å². The molecule has 2 heterocycles. The molecule has 0 radical (unpaired) electrons. The van der Waals surface area contributed by atoms with E-state index < -0.39 is 0 Å². The molecule has 3 N–H and O–H groups in total. The number of hydrogen-bond acceptors (Lipinski definition) is 4. The minimum absolute atomic E-state index is 0.529. The van der Waals surface area contributed by atoms with Gasteiger partial charge in [-0.3, -0.25) is 9.97 Å². The van der Waals surface area contributed by atoms with E-state index in [1.54, 1.807) is 6.20 Å². The second kappa shape index (κ2) is 10.0. The molecule has 118 valence electrons. The number of pyridine rings is 2. The molecule has 4 nitrogen and oxygen atoms in total. The number of nitrogens with two attached hydrogens (primary N) is 1. The third kappa shape index (κ3) is 6.33. The molecule has 0 aliphatic heterocycles. The Morgan fingerprint density at radius 1 is 0.909 bits per heavy atom. The largest absolute Gasteiger partial charge is 0.325 e. The van der Waals surface area contributed by atoms with E-state index in [9.17, 15) is 0 Å². The zero-order valence-corrected chi connectivity index (χ0v) is 13.1. The molecule has 1 saturated carbocycles. The molecule has 4 heteroatoms. The summed E-state index contributed by atoms with van der Waals surface area (Å²) in [5.41, 5.74) is 7.38. The molecule has 1 aliphatic carbocycles. The van der Waals surface area contributed by atoms with Gasteiger partial charge >= 0.3 is 0 Å². The lowest BCUT2D eigenvalue weighted by atomic mass is 9.95. The monoisotopic (exact) mass is 298 g/mol. The predicted octanol–water partition coefficient (Wildman–Crippen LogP) is 3.04. The van der Waals surface area contributed by atoms with E-state index in [-0.39, 0.29) is 0 Å². The zero-order valence-electron chi connectivity index (χ0n) is 13.1. The van der Waals surface area contributed by atoms with E-state index in [1.165, 1.54) is 32.1 Å². The molecule has 0 amide bonds. The van der Waals surface area contributed by atoms with Crippen LogP contribution in [0.5, 0.6) is 0 Å². The molecular weight excluding hydrogens is 272 g/mol. The van der Waals surface area contributed by atoms with Crippen LogP contribution in [0, 0.1) is 0 Å². The summed E-state index contributed by atoms with van der Waals surface area (Å²) < 4.78 is 0. The maximum Gasteiger partial charge on any atom is 0.0541 e. The van der Waals surface area contributed by atoms with Crippen LogP contribution < -0.4 is 11.1 Å². The highest BCUT2D eigenvalue weighted by molar-refractivity contribution is 5.03.